The second-order valence-corrected chi connectivity index (χ2v) is 7.76. The summed E-state index contributed by atoms with van der Waals surface area (Å²) in [5.74, 6) is 0.560. The quantitative estimate of drug-likeness (QED) is 0.885. The van der Waals surface area contributed by atoms with E-state index in [1.807, 2.05) is 11.3 Å². The van der Waals surface area contributed by atoms with Crippen molar-refractivity contribution in [3.63, 3.8) is 0 Å². The van der Waals surface area contributed by atoms with Crippen molar-refractivity contribution in [2.45, 2.75) is 64.7 Å². The van der Waals surface area contributed by atoms with Crippen LogP contribution in [0.25, 0.3) is 0 Å². The van der Waals surface area contributed by atoms with Gasteiger partial charge in [0.15, 0.2) is 0 Å². The molecule has 0 spiro atoms. The molecule has 0 bridgehead atoms. The zero-order valence-electron chi connectivity index (χ0n) is 12.8. The van der Waals surface area contributed by atoms with Crippen molar-refractivity contribution >= 4 is 11.3 Å². The van der Waals surface area contributed by atoms with Crippen LogP contribution in [0, 0.1) is 5.92 Å². The number of ether oxygens (including phenoxy) is 1. The number of hydrogen-bond donors (Lipinski definition) is 1. The molecule has 0 saturated carbocycles. The summed E-state index contributed by atoms with van der Waals surface area (Å²) in [7, 11) is 0. The van der Waals surface area contributed by atoms with E-state index in [9.17, 15) is 0 Å². The highest BCUT2D eigenvalue weighted by Gasteiger charge is 2.48. The Kier molecular flexibility index (Phi) is 4.38. The lowest BCUT2D eigenvalue weighted by Crippen LogP contribution is -2.45. The zero-order valence-corrected chi connectivity index (χ0v) is 13.6. The van der Waals surface area contributed by atoms with Gasteiger partial charge >= 0.3 is 0 Å². The third-order valence-electron chi connectivity index (χ3n) is 4.10. The maximum absolute atomic E-state index is 6.26. The van der Waals surface area contributed by atoms with Crippen LogP contribution in [-0.2, 0) is 11.2 Å². The van der Waals surface area contributed by atoms with Gasteiger partial charge in [0.2, 0.25) is 0 Å². The van der Waals surface area contributed by atoms with Crippen molar-refractivity contribution in [1.29, 1.82) is 0 Å². The Hall–Kier alpha value is -0.380. The fourth-order valence-electron chi connectivity index (χ4n) is 3.50. The highest BCUT2D eigenvalue weighted by molar-refractivity contribution is 7.09. The summed E-state index contributed by atoms with van der Waals surface area (Å²) in [5, 5.41) is 5.85. The van der Waals surface area contributed by atoms with Crippen LogP contribution in [0.5, 0.6) is 0 Å². The first-order valence-corrected chi connectivity index (χ1v) is 8.18. The number of likely N-dealkylation sites (N-methyl/N-ethyl adjacent to an activating group) is 1. The van der Waals surface area contributed by atoms with E-state index in [0.29, 0.717) is 12.0 Å². The second-order valence-electron chi connectivity index (χ2n) is 6.72. The molecule has 1 fully saturated rings. The van der Waals surface area contributed by atoms with Crippen LogP contribution in [0.3, 0.4) is 0 Å². The molecule has 1 aliphatic rings. The highest BCUT2D eigenvalue weighted by Crippen LogP contribution is 2.44. The van der Waals surface area contributed by atoms with Crippen molar-refractivity contribution in [3.05, 3.63) is 22.4 Å². The van der Waals surface area contributed by atoms with Crippen molar-refractivity contribution < 1.29 is 4.74 Å². The fraction of sp³-hybridized carbons (Fsp3) is 0.750. The van der Waals surface area contributed by atoms with E-state index in [-0.39, 0.29) is 11.2 Å². The van der Waals surface area contributed by atoms with Crippen LogP contribution in [0.1, 0.15) is 45.9 Å². The van der Waals surface area contributed by atoms with Gasteiger partial charge in [-0.3, -0.25) is 0 Å². The zero-order chi connectivity index (χ0) is 14.1. The Balaban J connectivity index is 2.14. The molecule has 2 nitrogen and oxygen atoms in total. The van der Waals surface area contributed by atoms with Gasteiger partial charge in [-0.1, -0.05) is 13.0 Å². The molecule has 2 unspecified atom stereocenters. The van der Waals surface area contributed by atoms with Crippen molar-refractivity contribution in [3.8, 4) is 0 Å². The summed E-state index contributed by atoms with van der Waals surface area (Å²) in [5.41, 5.74) is -0.0507. The molecule has 108 valence electrons. The minimum atomic E-state index is -0.0480. The van der Waals surface area contributed by atoms with Crippen molar-refractivity contribution in [2.24, 2.45) is 5.92 Å². The Morgan fingerprint density at radius 2 is 2.16 bits per heavy atom. The molecule has 0 aliphatic carbocycles. The minimum Gasteiger partial charge on any atom is -0.369 e. The van der Waals surface area contributed by atoms with Gasteiger partial charge in [0.25, 0.3) is 0 Å². The average molecular weight is 281 g/mol. The van der Waals surface area contributed by atoms with Gasteiger partial charge < -0.3 is 10.1 Å². The molecule has 1 aromatic rings. The standard InChI is InChI=1S/C16H27NOS/c1-6-17-14(10-12-8-7-9-19-12)13-11-15(2,3)18-16(13,4)5/h7-9,13-14,17H,6,10-11H2,1-5H3. The molecule has 2 heterocycles. The Bertz CT molecular complexity index is 397. The Morgan fingerprint density at radius 3 is 2.63 bits per heavy atom. The van der Waals surface area contributed by atoms with Gasteiger partial charge in [0.1, 0.15) is 0 Å². The van der Waals surface area contributed by atoms with Gasteiger partial charge in [-0.05, 0) is 58.5 Å². The molecule has 1 aliphatic heterocycles. The topological polar surface area (TPSA) is 21.3 Å². The third-order valence-corrected chi connectivity index (χ3v) is 5.00. The maximum atomic E-state index is 6.26. The largest absolute Gasteiger partial charge is 0.369 e. The van der Waals surface area contributed by atoms with E-state index >= 15 is 0 Å². The molecular weight excluding hydrogens is 254 g/mol. The molecule has 0 amide bonds. The lowest BCUT2D eigenvalue weighted by Gasteiger charge is -2.33. The maximum Gasteiger partial charge on any atom is 0.0677 e. The Labute approximate surface area is 121 Å². The molecule has 2 rings (SSSR count). The molecule has 1 N–H and O–H groups in total. The van der Waals surface area contributed by atoms with E-state index in [0.717, 1.165) is 19.4 Å². The van der Waals surface area contributed by atoms with Crippen molar-refractivity contribution in [1.82, 2.24) is 5.32 Å². The average Bonchev–Trinajstić information content (AvgIpc) is 2.83. The summed E-state index contributed by atoms with van der Waals surface area (Å²) in [6, 6.07) is 4.88. The number of hydrogen-bond acceptors (Lipinski definition) is 3. The van der Waals surface area contributed by atoms with Crippen LogP contribution >= 0.6 is 11.3 Å². The predicted octanol–water partition coefficient (Wildman–Crippen LogP) is 3.86. The summed E-state index contributed by atoms with van der Waals surface area (Å²) in [6.07, 6.45) is 2.24. The lowest BCUT2D eigenvalue weighted by atomic mass is 9.80. The molecule has 1 saturated heterocycles. The first kappa shape index (κ1) is 15.0. The number of rotatable bonds is 5. The van der Waals surface area contributed by atoms with Crippen LogP contribution in [0.4, 0.5) is 0 Å². The van der Waals surface area contributed by atoms with Gasteiger partial charge in [-0.15, -0.1) is 11.3 Å². The Morgan fingerprint density at radius 1 is 1.42 bits per heavy atom. The van der Waals surface area contributed by atoms with Crippen molar-refractivity contribution in [2.75, 3.05) is 6.54 Å². The smallest absolute Gasteiger partial charge is 0.0677 e. The molecule has 19 heavy (non-hydrogen) atoms. The highest BCUT2D eigenvalue weighted by atomic mass is 32.1. The third kappa shape index (κ3) is 3.59. The van der Waals surface area contributed by atoms with Crippen LogP contribution < -0.4 is 5.32 Å². The summed E-state index contributed by atoms with van der Waals surface area (Å²) in [6.45, 7) is 12.1. The summed E-state index contributed by atoms with van der Waals surface area (Å²) >= 11 is 1.86. The second kappa shape index (κ2) is 5.55. The van der Waals surface area contributed by atoms with Crippen LogP contribution in [-0.4, -0.2) is 23.8 Å². The van der Waals surface area contributed by atoms with E-state index in [1.165, 1.54) is 4.88 Å². The van der Waals surface area contributed by atoms with E-state index in [2.05, 4.69) is 57.4 Å². The number of nitrogens with one attached hydrogen (secondary N) is 1. The monoisotopic (exact) mass is 281 g/mol. The van der Waals surface area contributed by atoms with Crippen LogP contribution in [0.2, 0.25) is 0 Å². The molecule has 2 atom stereocenters. The first-order chi connectivity index (χ1) is 8.84. The molecule has 3 heteroatoms. The van der Waals surface area contributed by atoms with Gasteiger partial charge in [-0.2, -0.15) is 0 Å². The van der Waals surface area contributed by atoms with Gasteiger partial charge in [-0.25, -0.2) is 0 Å². The summed E-state index contributed by atoms with van der Waals surface area (Å²) in [4.78, 5) is 1.46. The molecule has 0 aromatic carbocycles. The lowest BCUT2D eigenvalue weighted by molar-refractivity contribution is -0.0775. The van der Waals surface area contributed by atoms with Gasteiger partial charge in [0.05, 0.1) is 11.2 Å². The normalized spacial score (nSPS) is 26.5. The molecular formula is C16H27NOS. The fourth-order valence-corrected chi connectivity index (χ4v) is 4.26. The molecule has 1 aromatic heterocycles. The van der Waals surface area contributed by atoms with E-state index < -0.39 is 0 Å². The summed E-state index contributed by atoms with van der Waals surface area (Å²) < 4.78 is 6.26. The minimum absolute atomic E-state index is 0.00269. The van der Waals surface area contributed by atoms with Gasteiger partial charge in [0, 0.05) is 16.8 Å². The molecule has 0 radical (unpaired) electrons. The van der Waals surface area contributed by atoms with E-state index in [4.69, 9.17) is 4.74 Å². The SMILES string of the molecule is CCNC(Cc1cccs1)C1CC(C)(C)OC1(C)C. The first-order valence-electron chi connectivity index (χ1n) is 7.30. The van der Waals surface area contributed by atoms with Crippen LogP contribution in [0.15, 0.2) is 17.5 Å². The van der Waals surface area contributed by atoms with E-state index in [1.54, 1.807) is 0 Å². The number of thiophene rings is 1. The predicted molar refractivity (Wildman–Crippen MR) is 82.8 cm³/mol.